The molecule has 0 saturated heterocycles. The van der Waals surface area contributed by atoms with Gasteiger partial charge in [0.05, 0.1) is 22.3 Å². The first-order valence-corrected chi connectivity index (χ1v) is 6.73. The lowest BCUT2D eigenvalue weighted by Crippen LogP contribution is -2.22. The van der Waals surface area contributed by atoms with E-state index in [1.807, 2.05) is 0 Å². The Bertz CT molecular complexity index is 883. The predicted octanol–water partition coefficient (Wildman–Crippen LogP) is 4.79. The average Bonchev–Trinajstić information content (AvgIpc) is 2.51. The van der Waals surface area contributed by atoms with Crippen LogP contribution < -0.4 is 0 Å². The SMILES string of the molecule is O=C(O)c1ccccc1-c1ccc(C(=O)O)c(C(F)(F)F)c1C(F)(F)F. The number of hydrogen-bond acceptors (Lipinski definition) is 2. The average molecular weight is 378 g/mol. The van der Waals surface area contributed by atoms with Crippen molar-refractivity contribution in [2.75, 3.05) is 0 Å². The van der Waals surface area contributed by atoms with E-state index < -0.39 is 57.7 Å². The van der Waals surface area contributed by atoms with Crippen LogP contribution in [0.15, 0.2) is 36.4 Å². The van der Waals surface area contributed by atoms with Gasteiger partial charge in [0.15, 0.2) is 0 Å². The summed E-state index contributed by atoms with van der Waals surface area (Å²) >= 11 is 0. The lowest BCUT2D eigenvalue weighted by Gasteiger charge is -2.21. The second-order valence-electron chi connectivity index (χ2n) is 5.06. The van der Waals surface area contributed by atoms with Gasteiger partial charge in [-0.15, -0.1) is 0 Å². The van der Waals surface area contributed by atoms with E-state index in [0.29, 0.717) is 12.1 Å². The van der Waals surface area contributed by atoms with E-state index >= 15 is 0 Å². The summed E-state index contributed by atoms with van der Waals surface area (Å²) in [4.78, 5) is 22.2. The number of carboxylic acid groups (broad SMARTS) is 2. The Labute approximate surface area is 141 Å². The maximum atomic E-state index is 13.5. The van der Waals surface area contributed by atoms with Crippen LogP contribution in [0.4, 0.5) is 26.3 Å². The molecule has 0 spiro atoms. The molecule has 2 N–H and O–H groups in total. The number of rotatable bonds is 3. The second kappa shape index (κ2) is 6.36. The molecule has 0 unspecified atom stereocenters. The van der Waals surface area contributed by atoms with Crippen molar-refractivity contribution in [3.05, 3.63) is 58.7 Å². The van der Waals surface area contributed by atoms with Gasteiger partial charge in [-0.3, -0.25) is 0 Å². The molecule has 10 heteroatoms. The van der Waals surface area contributed by atoms with E-state index in [4.69, 9.17) is 10.2 Å². The van der Waals surface area contributed by atoms with Crippen LogP contribution in [-0.4, -0.2) is 22.2 Å². The molecule has 0 atom stereocenters. The number of benzene rings is 2. The summed E-state index contributed by atoms with van der Waals surface area (Å²) in [7, 11) is 0. The molecule has 0 radical (unpaired) electrons. The van der Waals surface area contributed by atoms with Crippen molar-refractivity contribution in [1.82, 2.24) is 0 Å². The minimum absolute atomic E-state index is 0.369. The van der Waals surface area contributed by atoms with E-state index in [2.05, 4.69) is 0 Å². The molecule has 0 bridgehead atoms. The van der Waals surface area contributed by atoms with Crippen LogP contribution in [0.25, 0.3) is 11.1 Å². The van der Waals surface area contributed by atoms with E-state index in [0.717, 1.165) is 18.2 Å². The maximum Gasteiger partial charge on any atom is 0.417 e. The van der Waals surface area contributed by atoms with E-state index in [1.165, 1.54) is 6.07 Å². The molecule has 138 valence electrons. The summed E-state index contributed by atoms with van der Waals surface area (Å²) in [5.41, 5.74) is -8.56. The molecule has 0 heterocycles. The van der Waals surface area contributed by atoms with Gasteiger partial charge in [0, 0.05) is 0 Å². The molecule has 0 aliphatic heterocycles. The number of aromatic carboxylic acids is 2. The van der Waals surface area contributed by atoms with Crippen molar-refractivity contribution < 1.29 is 46.1 Å². The first kappa shape index (κ1) is 19.3. The minimum atomic E-state index is -5.63. The Balaban J connectivity index is 3.03. The summed E-state index contributed by atoms with van der Waals surface area (Å²) < 4.78 is 80.2. The molecule has 2 aromatic carbocycles. The molecule has 0 aromatic heterocycles. The highest BCUT2D eigenvalue weighted by Crippen LogP contribution is 2.47. The standard InChI is InChI=1S/C16H8F6O4/c17-15(18,19)11-8(7-3-1-2-4-9(7)13(23)24)5-6-10(14(25)26)12(11)16(20,21)22/h1-6H,(H,23,24)(H,25,26). The van der Waals surface area contributed by atoms with Gasteiger partial charge in [-0.05, 0) is 23.3 Å². The van der Waals surface area contributed by atoms with Gasteiger partial charge in [0.1, 0.15) is 0 Å². The van der Waals surface area contributed by atoms with Gasteiger partial charge < -0.3 is 10.2 Å². The molecule has 2 rings (SSSR count). The normalized spacial score (nSPS) is 12.1. The third-order valence-electron chi connectivity index (χ3n) is 3.45. The monoisotopic (exact) mass is 378 g/mol. The Morgan fingerprint density at radius 3 is 1.62 bits per heavy atom. The van der Waals surface area contributed by atoms with E-state index in [1.54, 1.807) is 0 Å². The zero-order valence-electron chi connectivity index (χ0n) is 12.4. The highest BCUT2D eigenvalue weighted by Gasteiger charge is 2.48. The Hall–Kier alpha value is -3.04. The molecule has 0 saturated carbocycles. The first-order chi connectivity index (χ1) is 11.9. The number of carbonyl (C=O) groups is 2. The van der Waals surface area contributed by atoms with Crippen LogP contribution in [0.3, 0.4) is 0 Å². The third kappa shape index (κ3) is 3.48. The van der Waals surface area contributed by atoms with Crippen molar-refractivity contribution in [2.45, 2.75) is 12.4 Å². The molecule has 0 amide bonds. The number of hydrogen-bond donors (Lipinski definition) is 2. The highest BCUT2D eigenvalue weighted by atomic mass is 19.4. The van der Waals surface area contributed by atoms with Crippen LogP contribution in [0.5, 0.6) is 0 Å². The van der Waals surface area contributed by atoms with E-state index in [9.17, 15) is 35.9 Å². The maximum absolute atomic E-state index is 13.5. The molecule has 0 aliphatic carbocycles. The molecule has 26 heavy (non-hydrogen) atoms. The van der Waals surface area contributed by atoms with Crippen LogP contribution in [0.1, 0.15) is 31.8 Å². The largest absolute Gasteiger partial charge is 0.478 e. The smallest absolute Gasteiger partial charge is 0.417 e. The van der Waals surface area contributed by atoms with Crippen molar-refractivity contribution in [3.8, 4) is 11.1 Å². The molecular weight excluding hydrogens is 370 g/mol. The summed E-state index contributed by atoms with van der Waals surface area (Å²) in [6, 6.07) is 5.07. The predicted molar refractivity (Wildman–Crippen MR) is 75.8 cm³/mol. The Morgan fingerprint density at radius 2 is 1.15 bits per heavy atom. The fourth-order valence-electron chi connectivity index (χ4n) is 2.50. The van der Waals surface area contributed by atoms with Gasteiger partial charge in [0.25, 0.3) is 0 Å². The van der Waals surface area contributed by atoms with Crippen LogP contribution >= 0.6 is 0 Å². The van der Waals surface area contributed by atoms with Gasteiger partial charge in [-0.1, -0.05) is 24.3 Å². The topological polar surface area (TPSA) is 74.6 Å². The summed E-state index contributed by atoms with van der Waals surface area (Å²) in [5.74, 6) is -3.84. The summed E-state index contributed by atoms with van der Waals surface area (Å²) in [5, 5.41) is 18.0. The number of alkyl halides is 6. The highest BCUT2D eigenvalue weighted by molar-refractivity contribution is 5.98. The van der Waals surface area contributed by atoms with Gasteiger partial charge >= 0.3 is 24.3 Å². The Morgan fingerprint density at radius 1 is 0.654 bits per heavy atom. The zero-order chi connectivity index (χ0) is 19.9. The quantitative estimate of drug-likeness (QED) is 0.754. The fourth-order valence-corrected chi connectivity index (χ4v) is 2.50. The van der Waals surface area contributed by atoms with Crippen molar-refractivity contribution >= 4 is 11.9 Å². The zero-order valence-corrected chi connectivity index (χ0v) is 12.4. The molecule has 4 nitrogen and oxygen atoms in total. The number of carboxylic acids is 2. The van der Waals surface area contributed by atoms with Crippen molar-refractivity contribution in [1.29, 1.82) is 0 Å². The molecule has 0 fully saturated rings. The van der Waals surface area contributed by atoms with Crippen molar-refractivity contribution in [3.63, 3.8) is 0 Å². The number of halogens is 6. The molecule has 0 aliphatic rings. The molecule has 2 aromatic rings. The minimum Gasteiger partial charge on any atom is -0.478 e. The van der Waals surface area contributed by atoms with E-state index in [-0.39, 0.29) is 0 Å². The van der Waals surface area contributed by atoms with Gasteiger partial charge in [0.2, 0.25) is 0 Å². The lowest BCUT2D eigenvalue weighted by atomic mass is 9.89. The van der Waals surface area contributed by atoms with Gasteiger partial charge in [-0.25, -0.2) is 9.59 Å². The fraction of sp³-hybridized carbons (Fsp3) is 0.125. The summed E-state index contributed by atoms with van der Waals surface area (Å²) in [6.45, 7) is 0. The molecular formula is C16H8F6O4. The second-order valence-corrected chi connectivity index (χ2v) is 5.06. The van der Waals surface area contributed by atoms with Crippen LogP contribution in [0, 0.1) is 0 Å². The third-order valence-corrected chi connectivity index (χ3v) is 3.45. The first-order valence-electron chi connectivity index (χ1n) is 6.73. The Kier molecular flexibility index (Phi) is 4.71. The summed E-state index contributed by atoms with van der Waals surface area (Å²) in [6.07, 6.45) is -11.2. The van der Waals surface area contributed by atoms with Crippen LogP contribution in [0.2, 0.25) is 0 Å². The van der Waals surface area contributed by atoms with Crippen LogP contribution in [-0.2, 0) is 12.4 Å². The van der Waals surface area contributed by atoms with Gasteiger partial charge in [-0.2, -0.15) is 26.3 Å². The van der Waals surface area contributed by atoms with Crippen molar-refractivity contribution in [2.24, 2.45) is 0 Å². The lowest BCUT2D eigenvalue weighted by molar-refractivity contribution is -0.162.